The number of methoxy groups -OCH3 is 1. The van der Waals surface area contributed by atoms with E-state index in [1.165, 1.54) is 19.2 Å². The summed E-state index contributed by atoms with van der Waals surface area (Å²) in [5.74, 6) is -0.718. The number of aliphatic hydroxyl groups excluding tert-OH is 1. The molecule has 1 heterocycles. The van der Waals surface area contributed by atoms with Gasteiger partial charge in [0.05, 0.1) is 18.8 Å². The minimum Gasteiger partial charge on any atom is -0.459 e. The quantitative estimate of drug-likeness (QED) is 0.573. The number of benzene rings is 1. The number of aliphatic hydroxyl groups is 1. The number of nitrogens with one attached hydrogen (secondary N) is 1. The lowest BCUT2D eigenvalue weighted by atomic mass is 9.92. The summed E-state index contributed by atoms with van der Waals surface area (Å²) in [6, 6.07) is 4.85. The number of hydrogen-bond acceptors (Lipinski definition) is 5. The molecule has 1 aromatic carbocycles. The van der Waals surface area contributed by atoms with Gasteiger partial charge < -0.3 is 24.6 Å². The van der Waals surface area contributed by atoms with Crippen LogP contribution in [0.5, 0.6) is 0 Å². The van der Waals surface area contributed by atoms with Crippen LogP contribution in [0.2, 0.25) is 0 Å². The number of ether oxygens (including phenoxy) is 3. The number of carbonyl (C=O) groups is 1. The first-order valence-electron chi connectivity index (χ1n) is 9.40. The molecule has 6 nitrogen and oxygen atoms in total. The van der Waals surface area contributed by atoms with Crippen molar-refractivity contribution in [3.8, 4) is 0 Å². The van der Waals surface area contributed by atoms with Gasteiger partial charge in [0.2, 0.25) is 6.29 Å². The van der Waals surface area contributed by atoms with Crippen LogP contribution >= 0.6 is 0 Å². The summed E-state index contributed by atoms with van der Waals surface area (Å²) in [5.41, 5.74) is -0.0981. The summed E-state index contributed by atoms with van der Waals surface area (Å²) in [4.78, 5) is 12.4. The molecule has 0 aromatic heterocycles. The number of halogens is 3. The van der Waals surface area contributed by atoms with Gasteiger partial charge in [-0.3, -0.25) is 4.79 Å². The zero-order valence-electron chi connectivity index (χ0n) is 16.2. The highest BCUT2D eigenvalue weighted by Crippen LogP contribution is 2.34. The minimum absolute atomic E-state index is 0.0517. The van der Waals surface area contributed by atoms with Gasteiger partial charge >= 0.3 is 6.18 Å². The highest BCUT2D eigenvalue weighted by molar-refractivity contribution is 5.91. The molecule has 1 aliphatic heterocycles. The van der Waals surface area contributed by atoms with Crippen molar-refractivity contribution in [3.63, 3.8) is 0 Å². The molecule has 0 unspecified atom stereocenters. The van der Waals surface area contributed by atoms with E-state index in [-0.39, 0.29) is 18.3 Å². The number of rotatable bonds is 10. The summed E-state index contributed by atoms with van der Waals surface area (Å²) < 4.78 is 54.6. The Morgan fingerprint density at radius 2 is 1.97 bits per heavy atom. The van der Waals surface area contributed by atoms with E-state index in [2.05, 4.69) is 5.32 Å². The van der Waals surface area contributed by atoms with Crippen molar-refractivity contribution in [2.45, 2.75) is 37.6 Å². The molecule has 1 amide bonds. The van der Waals surface area contributed by atoms with Crippen LogP contribution in [0.4, 0.5) is 13.2 Å². The molecule has 2 N–H and O–H groups in total. The van der Waals surface area contributed by atoms with Crippen LogP contribution in [0.15, 0.2) is 36.1 Å². The second kappa shape index (κ2) is 11.2. The number of amides is 1. The van der Waals surface area contributed by atoms with Crippen LogP contribution < -0.4 is 5.32 Å². The highest BCUT2D eigenvalue weighted by Gasteiger charge is 2.32. The topological polar surface area (TPSA) is 77.0 Å². The van der Waals surface area contributed by atoms with Crippen LogP contribution in [0, 0.1) is 0 Å². The van der Waals surface area contributed by atoms with Crippen LogP contribution in [-0.4, -0.2) is 50.8 Å². The third-order valence-corrected chi connectivity index (χ3v) is 4.40. The lowest BCUT2D eigenvalue weighted by Crippen LogP contribution is -2.34. The first-order valence-corrected chi connectivity index (χ1v) is 9.40. The monoisotopic (exact) mass is 417 g/mol. The van der Waals surface area contributed by atoms with Gasteiger partial charge in [0, 0.05) is 32.6 Å². The number of carbonyl (C=O) groups excluding carboxylic acids is 1. The minimum atomic E-state index is -4.41. The molecular weight excluding hydrogens is 391 g/mol. The SMILES string of the molecule is COCCNC(=O)C1=C[C@H](c2ccc(C(F)(F)F)cc2)C[C@H](OCCCCO)O1. The van der Waals surface area contributed by atoms with Crippen LogP contribution in [0.25, 0.3) is 0 Å². The molecule has 2 rings (SSSR count). The average Bonchev–Trinajstić information content (AvgIpc) is 2.70. The molecule has 1 aliphatic rings. The predicted molar refractivity (Wildman–Crippen MR) is 98.9 cm³/mol. The Balaban J connectivity index is 2.13. The van der Waals surface area contributed by atoms with Crippen molar-refractivity contribution in [1.29, 1.82) is 0 Å². The molecule has 0 spiro atoms. The van der Waals surface area contributed by atoms with Crippen LogP contribution in [-0.2, 0) is 25.2 Å². The van der Waals surface area contributed by atoms with Gasteiger partial charge in [-0.05, 0) is 36.6 Å². The Bertz CT molecular complexity index is 676. The fraction of sp³-hybridized carbons (Fsp3) is 0.550. The van der Waals surface area contributed by atoms with Gasteiger partial charge in [-0.1, -0.05) is 12.1 Å². The van der Waals surface area contributed by atoms with Crippen molar-refractivity contribution in [1.82, 2.24) is 5.32 Å². The zero-order chi connectivity index (χ0) is 21.3. The molecule has 0 fully saturated rings. The molecule has 1 aromatic rings. The molecule has 0 saturated heterocycles. The van der Waals surface area contributed by atoms with E-state index in [0.29, 0.717) is 44.6 Å². The maximum atomic E-state index is 12.8. The summed E-state index contributed by atoms with van der Waals surface area (Å²) in [7, 11) is 1.51. The Labute approximate surface area is 167 Å². The normalized spacial score (nSPS) is 19.4. The van der Waals surface area contributed by atoms with E-state index >= 15 is 0 Å². The number of allylic oxidation sites excluding steroid dienone is 1. The number of unbranched alkanes of at least 4 members (excludes halogenated alkanes) is 1. The van der Waals surface area contributed by atoms with E-state index in [9.17, 15) is 18.0 Å². The van der Waals surface area contributed by atoms with Crippen molar-refractivity contribution in [3.05, 3.63) is 47.2 Å². The Hall–Kier alpha value is -2.10. The largest absolute Gasteiger partial charge is 0.459 e. The summed E-state index contributed by atoms with van der Waals surface area (Å²) in [6.45, 7) is 1.02. The smallest absolute Gasteiger partial charge is 0.416 e. The number of hydrogen-bond donors (Lipinski definition) is 2. The van der Waals surface area contributed by atoms with Gasteiger partial charge in [-0.15, -0.1) is 0 Å². The fourth-order valence-electron chi connectivity index (χ4n) is 2.85. The Morgan fingerprint density at radius 1 is 1.24 bits per heavy atom. The molecule has 2 atom stereocenters. The third-order valence-electron chi connectivity index (χ3n) is 4.40. The third kappa shape index (κ3) is 7.34. The van der Waals surface area contributed by atoms with Gasteiger partial charge in [-0.2, -0.15) is 13.2 Å². The van der Waals surface area contributed by atoms with Gasteiger partial charge in [0.25, 0.3) is 5.91 Å². The standard InChI is InChI=1S/C20H26F3NO5/c1-27-11-8-24-19(26)17-12-15(13-18(29-17)28-10-3-2-9-25)14-4-6-16(7-5-14)20(21,22)23/h4-7,12,15,18,25H,2-3,8-11,13H2,1H3,(H,24,26)/t15-,18+/m0/s1. The van der Waals surface area contributed by atoms with Crippen molar-refractivity contribution < 1.29 is 37.3 Å². The first-order chi connectivity index (χ1) is 13.8. The highest BCUT2D eigenvalue weighted by atomic mass is 19.4. The molecule has 0 saturated carbocycles. The van der Waals surface area contributed by atoms with Crippen molar-refractivity contribution >= 4 is 5.91 Å². The van der Waals surface area contributed by atoms with Gasteiger partial charge in [0.1, 0.15) is 0 Å². The maximum absolute atomic E-state index is 12.8. The molecule has 29 heavy (non-hydrogen) atoms. The average molecular weight is 417 g/mol. The molecule has 162 valence electrons. The van der Waals surface area contributed by atoms with Crippen molar-refractivity contribution in [2.75, 3.05) is 33.5 Å². The van der Waals surface area contributed by atoms with Crippen LogP contribution in [0.3, 0.4) is 0 Å². The second-order valence-corrected chi connectivity index (χ2v) is 6.59. The van der Waals surface area contributed by atoms with Crippen molar-refractivity contribution in [2.24, 2.45) is 0 Å². The fourth-order valence-corrected chi connectivity index (χ4v) is 2.85. The summed E-state index contributed by atoms with van der Waals surface area (Å²) in [6.07, 6.45) is -1.96. The van der Waals surface area contributed by atoms with Gasteiger partial charge in [-0.25, -0.2) is 0 Å². The van der Waals surface area contributed by atoms with E-state index < -0.39 is 23.9 Å². The molecule has 0 radical (unpaired) electrons. The Morgan fingerprint density at radius 3 is 2.59 bits per heavy atom. The van der Waals surface area contributed by atoms with E-state index in [0.717, 1.165) is 12.1 Å². The lowest BCUT2D eigenvalue weighted by Gasteiger charge is -2.29. The maximum Gasteiger partial charge on any atom is 0.416 e. The number of alkyl halides is 3. The summed E-state index contributed by atoms with van der Waals surface area (Å²) >= 11 is 0. The zero-order valence-corrected chi connectivity index (χ0v) is 16.2. The van der Waals surface area contributed by atoms with E-state index in [4.69, 9.17) is 19.3 Å². The molecule has 0 bridgehead atoms. The Kier molecular flexibility index (Phi) is 8.94. The van der Waals surface area contributed by atoms with E-state index in [1.54, 1.807) is 6.08 Å². The lowest BCUT2D eigenvalue weighted by molar-refractivity contribution is -0.146. The predicted octanol–water partition coefficient (Wildman–Crippen LogP) is 2.97. The van der Waals surface area contributed by atoms with Crippen LogP contribution in [0.1, 0.15) is 36.3 Å². The van der Waals surface area contributed by atoms with Gasteiger partial charge in [0.15, 0.2) is 5.76 Å². The second-order valence-electron chi connectivity index (χ2n) is 6.59. The summed E-state index contributed by atoms with van der Waals surface area (Å²) in [5, 5.41) is 11.5. The molecule has 0 aliphatic carbocycles. The first kappa shape index (κ1) is 23.2. The van der Waals surface area contributed by atoms with E-state index in [1.807, 2.05) is 0 Å². The molecule has 9 heteroatoms. The molecular formula is C20H26F3NO5.